The average molecular weight is 465 g/mol. The lowest BCUT2D eigenvalue weighted by Crippen LogP contribution is -2.58. The fourth-order valence-electron chi connectivity index (χ4n) is 5.86. The first-order valence-electron chi connectivity index (χ1n) is 9.68. The van der Waals surface area contributed by atoms with Crippen molar-refractivity contribution < 1.29 is 13.2 Å². The summed E-state index contributed by atoms with van der Waals surface area (Å²) in [6, 6.07) is 6.32. The van der Waals surface area contributed by atoms with E-state index in [4.69, 9.17) is 34.8 Å². The van der Waals surface area contributed by atoms with Gasteiger partial charge in [-0.3, -0.25) is 4.79 Å². The molecule has 4 saturated carbocycles. The Kier molecular flexibility index (Phi) is 5.22. The number of alkyl halides is 3. The molecule has 8 heteroatoms. The summed E-state index contributed by atoms with van der Waals surface area (Å²) in [5, 5.41) is 1.01. The number of rotatable bonds is 4. The second-order valence-electron chi connectivity index (χ2n) is 8.95. The van der Waals surface area contributed by atoms with Gasteiger partial charge < -0.3 is 5.32 Å². The monoisotopic (exact) mass is 463 g/mol. The summed E-state index contributed by atoms with van der Waals surface area (Å²) < 4.78 is 24.2. The zero-order valence-corrected chi connectivity index (χ0v) is 18.7. The van der Waals surface area contributed by atoms with Crippen molar-refractivity contribution in [1.82, 2.24) is 5.32 Å². The summed E-state index contributed by atoms with van der Waals surface area (Å²) in [5.74, 6) is 1.38. The molecular weight excluding hydrogens is 441 g/mol. The smallest absolute Gasteiger partial charge is 0.227 e. The summed E-state index contributed by atoms with van der Waals surface area (Å²) in [7, 11) is -4.07. The first kappa shape index (κ1) is 20.8. The van der Waals surface area contributed by atoms with E-state index in [0.717, 1.165) is 24.8 Å². The Hall–Kier alpha value is -0.490. The van der Waals surface area contributed by atoms with Crippen molar-refractivity contribution in [3.63, 3.8) is 0 Å². The van der Waals surface area contributed by atoms with Crippen molar-refractivity contribution in [2.75, 3.05) is 0 Å². The standard InChI is InChI=1S/C20H24Cl3NO3S/c1-12-2-4-16(5-3-12)28(26,27)18(20(21,22)23)24-17(25)19-9-13-6-14(10-19)8-15(7-13)11-19/h2-5,13-15,18H,6-11H2,1H3,(H,24,25). The molecule has 4 fully saturated rings. The van der Waals surface area contributed by atoms with Gasteiger partial charge in [-0.05, 0) is 75.3 Å². The van der Waals surface area contributed by atoms with Crippen LogP contribution in [0, 0.1) is 30.1 Å². The van der Waals surface area contributed by atoms with Crippen LogP contribution in [-0.4, -0.2) is 23.5 Å². The highest BCUT2D eigenvalue weighted by atomic mass is 35.6. The summed E-state index contributed by atoms with van der Waals surface area (Å²) in [5.41, 5.74) is 0.396. The molecule has 4 bridgehead atoms. The van der Waals surface area contributed by atoms with E-state index in [1.165, 1.54) is 31.4 Å². The Balaban J connectivity index is 1.63. The predicted octanol–water partition coefficient (Wildman–Crippen LogP) is 4.80. The van der Waals surface area contributed by atoms with Crippen LogP contribution < -0.4 is 5.32 Å². The summed E-state index contributed by atoms with van der Waals surface area (Å²) in [4.78, 5) is 13.4. The number of carbonyl (C=O) groups excluding carboxylic acids is 1. The van der Waals surface area contributed by atoms with Gasteiger partial charge in [-0.1, -0.05) is 52.5 Å². The van der Waals surface area contributed by atoms with Crippen LogP contribution in [0.1, 0.15) is 44.1 Å². The summed E-state index contributed by atoms with van der Waals surface area (Å²) in [6.45, 7) is 1.86. The van der Waals surface area contributed by atoms with Gasteiger partial charge in [-0.25, -0.2) is 8.42 Å². The average Bonchev–Trinajstić information content (AvgIpc) is 2.57. The van der Waals surface area contributed by atoms with Gasteiger partial charge in [0.05, 0.1) is 4.90 Å². The SMILES string of the molecule is Cc1ccc(S(=O)(=O)C(NC(=O)C23CC4CC(CC(C4)C2)C3)C(Cl)(Cl)Cl)cc1. The number of sulfone groups is 1. The molecule has 5 rings (SSSR count). The highest BCUT2D eigenvalue weighted by molar-refractivity contribution is 7.92. The van der Waals surface area contributed by atoms with Gasteiger partial charge in [0.15, 0.2) is 5.37 Å². The quantitative estimate of drug-likeness (QED) is 0.651. The molecule has 0 aliphatic heterocycles. The maximum Gasteiger partial charge on any atom is 0.227 e. The van der Waals surface area contributed by atoms with Crippen LogP contribution in [-0.2, 0) is 14.6 Å². The van der Waals surface area contributed by atoms with E-state index in [1.807, 2.05) is 6.92 Å². The van der Waals surface area contributed by atoms with Crippen LogP contribution in [0.25, 0.3) is 0 Å². The second kappa shape index (κ2) is 7.04. The zero-order chi connectivity index (χ0) is 20.3. The fraction of sp³-hybridized carbons (Fsp3) is 0.650. The van der Waals surface area contributed by atoms with E-state index in [1.54, 1.807) is 12.1 Å². The van der Waals surface area contributed by atoms with Gasteiger partial charge in [0.2, 0.25) is 19.5 Å². The van der Waals surface area contributed by atoms with Crippen molar-refractivity contribution >= 4 is 50.5 Å². The molecule has 1 atom stereocenters. The number of nitrogens with one attached hydrogen (secondary N) is 1. The van der Waals surface area contributed by atoms with Crippen molar-refractivity contribution in [3.8, 4) is 0 Å². The van der Waals surface area contributed by atoms with Crippen LogP contribution in [0.4, 0.5) is 0 Å². The number of hydrogen-bond donors (Lipinski definition) is 1. The van der Waals surface area contributed by atoms with Crippen LogP contribution in [0.15, 0.2) is 29.2 Å². The van der Waals surface area contributed by atoms with E-state index in [0.29, 0.717) is 17.8 Å². The topological polar surface area (TPSA) is 63.2 Å². The highest BCUT2D eigenvalue weighted by Gasteiger charge is 2.56. The minimum absolute atomic E-state index is 0.0280. The molecule has 0 spiro atoms. The molecule has 0 heterocycles. The van der Waals surface area contributed by atoms with Crippen LogP contribution in [0.2, 0.25) is 0 Å². The maximum atomic E-state index is 13.3. The molecule has 1 unspecified atom stereocenters. The fourth-order valence-corrected chi connectivity index (χ4v) is 8.48. The van der Waals surface area contributed by atoms with Gasteiger partial charge in [0.1, 0.15) is 0 Å². The number of benzene rings is 1. The molecule has 1 amide bonds. The molecule has 154 valence electrons. The third-order valence-electron chi connectivity index (χ3n) is 6.74. The lowest BCUT2D eigenvalue weighted by Gasteiger charge is -2.55. The van der Waals surface area contributed by atoms with Crippen molar-refractivity contribution in [3.05, 3.63) is 29.8 Å². The number of aryl methyl sites for hydroxylation is 1. The number of hydrogen-bond acceptors (Lipinski definition) is 3. The van der Waals surface area contributed by atoms with Crippen LogP contribution >= 0.6 is 34.8 Å². The number of carbonyl (C=O) groups is 1. The molecule has 28 heavy (non-hydrogen) atoms. The van der Waals surface area contributed by atoms with E-state index in [2.05, 4.69) is 5.32 Å². The molecule has 4 nitrogen and oxygen atoms in total. The lowest BCUT2D eigenvalue weighted by atomic mass is 9.49. The van der Waals surface area contributed by atoms with Gasteiger partial charge in [0, 0.05) is 5.41 Å². The van der Waals surface area contributed by atoms with Gasteiger partial charge in [-0.15, -0.1) is 0 Å². The Morgan fingerprint density at radius 3 is 1.93 bits per heavy atom. The first-order valence-corrected chi connectivity index (χ1v) is 12.4. The largest absolute Gasteiger partial charge is 0.335 e. The Bertz CT molecular complexity index is 842. The molecular formula is C20H24Cl3NO3S. The Morgan fingerprint density at radius 1 is 1.04 bits per heavy atom. The van der Waals surface area contributed by atoms with Gasteiger partial charge in [-0.2, -0.15) is 0 Å². The first-order chi connectivity index (χ1) is 13.0. The molecule has 1 N–H and O–H groups in total. The molecule has 1 aromatic rings. The second-order valence-corrected chi connectivity index (χ2v) is 13.4. The normalized spacial score (nSPS) is 32.9. The minimum Gasteiger partial charge on any atom is -0.335 e. The zero-order valence-electron chi connectivity index (χ0n) is 15.6. The van der Waals surface area contributed by atoms with Crippen LogP contribution in [0.5, 0.6) is 0 Å². The van der Waals surface area contributed by atoms with Gasteiger partial charge >= 0.3 is 0 Å². The third-order valence-corrected chi connectivity index (χ3v) is 9.80. The van der Waals surface area contributed by atoms with Crippen molar-refractivity contribution in [2.24, 2.45) is 23.2 Å². The maximum absolute atomic E-state index is 13.3. The number of amides is 1. The van der Waals surface area contributed by atoms with Gasteiger partial charge in [0.25, 0.3) is 0 Å². The van der Waals surface area contributed by atoms with E-state index >= 15 is 0 Å². The molecule has 4 aliphatic carbocycles. The summed E-state index contributed by atoms with van der Waals surface area (Å²) >= 11 is 18.2. The predicted molar refractivity (Wildman–Crippen MR) is 111 cm³/mol. The molecule has 0 saturated heterocycles. The minimum atomic E-state index is -4.07. The van der Waals surface area contributed by atoms with E-state index in [9.17, 15) is 13.2 Å². The van der Waals surface area contributed by atoms with Crippen LogP contribution in [0.3, 0.4) is 0 Å². The number of halogens is 3. The Morgan fingerprint density at radius 2 is 1.50 bits per heavy atom. The highest BCUT2D eigenvalue weighted by Crippen LogP contribution is 2.60. The molecule has 0 radical (unpaired) electrons. The molecule has 0 aromatic heterocycles. The summed E-state index contributed by atoms with van der Waals surface area (Å²) in [6.07, 6.45) is 5.97. The third kappa shape index (κ3) is 3.68. The van der Waals surface area contributed by atoms with Crippen molar-refractivity contribution in [2.45, 2.75) is 59.5 Å². The van der Waals surface area contributed by atoms with E-state index < -0.39 is 24.4 Å². The van der Waals surface area contributed by atoms with E-state index in [-0.39, 0.29) is 10.8 Å². The lowest BCUT2D eigenvalue weighted by molar-refractivity contribution is -0.146. The van der Waals surface area contributed by atoms with Crippen molar-refractivity contribution in [1.29, 1.82) is 0 Å². The Labute approximate surface area is 181 Å². The molecule has 1 aromatic carbocycles. The molecule has 4 aliphatic rings.